The Balaban J connectivity index is 0.000000260. The van der Waals surface area contributed by atoms with Crippen LogP contribution in [0.15, 0.2) is 34.1 Å². The average Bonchev–Trinajstić information content (AvgIpc) is 2.41. The van der Waals surface area contributed by atoms with Crippen molar-refractivity contribution >= 4 is 20.2 Å². The van der Waals surface area contributed by atoms with Crippen molar-refractivity contribution in [1.29, 1.82) is 0 Å². The van der Waals surface area contributed by atoms with Gasteiger partial charge in [-0.05, 0) is 75.4 Å². The molecule has 8 heteroatoms. The minimum atomic E-state index is -4.08. The summed E-state index contributed by atoms with van der Waals surface area (Å²) in [7, 11) is -8.15. The van der Waals surface area contributed by atoms with E-state index in [1.54, 1.807) is 39.0 Å². The van der Waals surface area contributed by atoms with Crippen molar-refractivity contribution < 1.29 is 25.9 Å². The fraction of sp³-hybridized carbons (Fsp3) is 0.333. The Bertz CT molecular complexity index is 1010. The van der Waals surface area contributed by atoms with E-state index in [9.17, 15) is 16.8 Å². The third-order valence-electron chi connectivity index (χ3n) is 4.15. The van der Waals surface area contributed by atoms with E-state index >= 15 is 0 Å². The molecule has 0 aliphatic heterocycles. The number of rotatable bonds is 2. The number of hydrogen-bond donors (Lipinski definition) is 2. The summed E-state index contributed by atoms with van der Waals surface area (Å²) >= 11 is 0. The van der Waals surface area contributed by atoms with Crippen LogP contribution in [-0.4, -0.2) is 25.9 Å². The Hall–Kier alpha value is -1.74. The first-order valence-electron chi connectivity index (χ1n) is 7.76. The SMILES string of the molecule is Cc1cc(C)c(S(=O)(=O)O)c(C)c1.Cc1ccc(S(=O)(=O)O)c(C)c1C. The highest BCUT2D eigenvalue weighted by Gasteiger charge is 2.16. The molecule has 0 bridgehead atoms. The number of hydrogen-bond acceptors (Lipinski definition) is 4. The van der Waals surface area contributed by atoms with Gasteiger partial charge in [0.25, 0.3) is 20.2 Å². The van der Waals surface area contributed by atoms with E-state index < -0.39 is 20.2 Å². The maximum atomic E-state index is 10.9. The van der Waals surface area contributed by atoms with Crippen LogP contribution in [0.1, 0.15) is 33.4 Å². The zero-order valence-electron chi connectivity index (χ0n) is 15.7. The molecule has 26 heavy (non-hydrogen) atoms. The van der Waals surface area contributed by atoms with E-state index in [0.29, 0.717) is 16.7 Å². The number of benzene rings is 2. The van der Waals surface area contributed by atoms with Gasteiger partial charge in [-0.1, -0.05) is 23.8 Å². The second kappa shape index (κ2) is 7.87. The van der Waals surface area contributed by atoms with E-state index in [1.807, 2.05) is 20.8 Å². The molecule has 0 radical (unpaired) electrons. The number of aryl methyl sites for hydroxylation is 4. The van der Waals surface area contributed by atoms with Gasteiger partial charge in [-0.3, -0.25) is 9.11 Å². The van der Waals surface area contributed by atoms with E-state index in [-0.39, 0.29) is 9.79 Å². The summed E-state index contributed by atoms with van der Waals surface area (Å²) in [6.45, 7) is 10.6. The van der Waals surface area contributed by atoms with Crippen molar-refractivity contribution in [2.24, 2.45) is 0 Å². The molecule has 6 nitrogen and oxygen atoms in total. The molecule has 2 aromatic carbocycles. The topological polar surface area (TPSA) is 109 Å². The summed E-state index contributed by atoms with van der Waals surface area (Å²) < 4.78 is 61.4. The summed E-state index contributed by atoms with van der Waals surface area (Å²) in [6.07, 6.45) is 0. The van der Waals surface area contributed by atoms with Gasteiger partial charge in [0.15, 0.2) is 0 Å². The van der Waals surface area contributed by atoms with E-state index in [1.165, 1.54) is 6.07 Å². The Morgan fingerprint density at radius 3 is 1.50 bits per heavy atom. The first kappa shape index (κ1) is 22.3. The van der Waals surface area contributed by atoms with Crippen molar-refractivity contribution in [2.75, 3.05) is 0 Å². The maximum Gasteiger partial charge on any atom is 0.295 e. The van der Waals surface area contributed by atoms with Crippen molar-refractivity contribution in [3.05, 3.63) is 57.6 Å². The lowest BCUT2D eigenvalue weighted by Gasteiger charge is -2.07. The third kappa shape index (κ3) is 5.38. The Morgan fingerprint density at radius 2 is 1.12 bits per heavy atom. The molecule has 0 atom stereocenters. The van der Waals surface area contributed by atoms with Crippen LogP contribution in [0.5, 0.6) is 0 Å². The van der Waals surface area contributed by atoms with Crippen molar-refractivity contribution in [2.45, 2.75) is 51.3 Å². The molecule has 0 aliphatic carbocycles. The van der Waals surface area contributed by atoms with Gasteiger partial charge in [-0.25, -0.2) is 0 Å². The van der Waals surface area contributed by atoms with Crippen LogP contribution in [-0.2, 0) is 20.2 Å². The highest BCUT2D eigenvalue weighted by Crippen LogP contribution is 2.21. The Kier molecular flexibility index (Phi) is 6.75. The molecule has 0 fully saturated rings. The molecule has 0 spiro atoms. The predicted octanol–water partition coefficient (Wildman–Crippen LogP) is 3.72. The molecule has 0 unspecified atom stereocenters. The molecular formula is C18H24O6S2. The second-order valence-electron chi connectivity index (χ2n) is 6.31. The lowest BCUT2D eigenvalue weighted by molar-refractivity contribution is 0.480. The minimum Gasteiger partial charge on any atom is -0.282 e. The quantitative estimate of drug-likeness (QED) is 0.744. The highest BCUT2D eigenvalue weighted by atomic mass is 32.2. The highest BCUT2D eigenvalue weighted by molar-refractivity contribution is 7.86. The second-order valence-corrected chi connectivity index (χ2v) is 9.06. The lowest BCUT2D eigenvalue weighted by atomic mass is 10.1. The van der Waals surface area contributed by atoms with Crippen LogP contribution in [0.3, 0.4) is 0 Å². The standard InChI is InChI=1S/2C9H12O3S/c1-6-4-7(2)9(8(3)5-6)13(10,11)12;1-6-4-5-9(13(10,11)12)8(3)7(6)2/h2*4-5H,1-3H3,(H,10,11,12). The summed E-state index contributed by atoms with van der Waals surface area (Å²) in [6, 6.07) is 6.57. The largest absolute Gasteiger partial charge is 0.295 e. The third-order valence-corrected chi connectivity index (χ3v) is 6.31. The molecule has 0 saturated heterocycles. The van der Waals surface area contributed by atoms with E-state index in [4.69, 9.17) is 9.11 Å². The van der Waals surface area contributed by atoms with Crippen LogP contribution in [0.2, 0.25) is 0 Å². The van der Waals surface area contributed by atoms with E-state index in [2.05, 4.69) is 0 Å². The van der Waals surface area contributed by atoms with Gasteiger partial charge < -0.3 is 0 Å². The molecule has 0 aromatic heterocycles. The van der Waals surface area contributed by atoms with Crippen LogP contribution in [0.25, 0.3) is 0 Å². The van der Waals surface area contributed by atoms with Gasteiger partial charge in [-0.15, -0.1) is 0 Å². The molecule has 2 rings (SSSR count). The normalized spacial score (nSPS) is 11.7. The maximum absolute atomic E-state index is 10.9. The smallest absolute Gasteiger partial charge is 0.282 e. The van der Waals surface area contributed by atoms with Crippen LogP contribution in [0.4, 0.5) is 0 Å². The van der Waals surface area contributed by atoms with Crippen LogP contribution < -0.4 is 0 Å². The summed E-state index contributed by atoms with van der Waals surface area (Å²) in [4.78, 5) is 0.0219. The molecule has 2 N–H and O–H groups in total. The first-order chi connectivity index (χ1) is 11.7. The summed E-state index contributed by atoms with van der Waals surface area (Å²) in [5.74, 6) is 0. The average molecular weight is 401 g/mol. The monoisotopic (exact) mass is 400 g/mol. The van der Waals surface area contributed by atoms with Crippen molar-refractivity contribution in [3.63, 3.8) is 0 Å². The molecule has 2 aromatic rings. The molecule has 0 amide bonds. The van der Waals surface area contributed by atoms with Gasteiger partial charge in [0.05, 0.1) is 9.79 Å². The fourth-order valence-corrected chi connectivity index (χ4v) is 4.50. The van der Waals surface area contributed by atoms with Crippen molar-refractivity contribution in [3.8, 4) is 0 Å². The minimum absolute atomic E-state index is 0.00407. The Labute approximate surface area is 155 Å². The molecule has 0 saturated carbocycles. The zero-order chi connectivity index (χ0) is 20.4. The molecule has 144 valence electrons. The predicted molar refractivity (Wildman–Crippen MR) is 101 cm³/mol. The van der Waals surface area contributed by atoms with Crippen LogP contribution >= 0.6 is 0 Å². The van der Waals surface area contributed by atoms with Gasteiger partial charge >= 0.3 is 0 Å². The molecular weight excluding hydrogens is 376 g/mol. The van der Waals surface area contributed by atoms with E-state index in [0.717, 1.165) is 16.7 Å². The molecule has 0 heterocycles. The lowest BCUT2D eigenvalue weighted by Crippen LogP contribution is -2.04. The molecule has 0 aliphatic rings. The zero-order valence-corrected chi connectivity index (χ0v) is 17.3. The fourth-order valence-electron chi connectivity index (χ4n) is 2.78. The van der Waals surface area contributed by atoms with Gasteiger partial charge in [0.2, 0.25) is 0 Å². The summed E-state index contributed by atoms with van der Waals surface area (Å²) in [5, 5.41) is 0. The van der Waals surface area contributed by atoms with Crippen molar-refractivity contribution in [1.82, 2.24) is 0 Å². The first-order valence-corrected chi connectivity index (χ1v) is 10.6. The van der Waals surface area contributed by atoms with Gasteiger partial charge in [0.1, 0.15) is 0 Å². The van der Waals surface area contributed by atoms with Crippen LogP contribution in [0, 0.1) is 41.5 Å². The summed E-state index contributed by atoms with van der Waals surface area (Å²) in [5.41, 5.74) is 4.69. The Morgan fingerprint density at radius 1 is 0.654 bits per heavy atom. The van der Waals surface area contributed by atoms with Gasteiger partial charge in [-0.2, -0.15) is 16.8 Å². The van der Waals surface area contributed by atoms with Gasteiger partial charge in [0, 0.05) is 0 Å².